The second-order valence-electron chi connectivity index (χ2n) is 2.88. The van der Waals surface area contributed by atoms with Gasteiger partial charge in [0.2, 0.25) is 0 Å². The van der Waals surface area contributed by atoms with Gasteiger partial charge in [0.05, 0.1) is 0 Å². The monoisotopic (exact) mass is 185 g/mol. The maximum absolute atomic E-state index is 12.2. The van der Waals surface area contributed by atoms with Gasteiger partial charge < -0.3 is 15.9 Å². The zero-order valence-electron chi connectivity index (χ0n) is 7.07. The Kier molecular flexibility index (Phi) is 3.08. The molecule has 0 aliphatic carbocycles. The molecule has 1 aromatic carbocycles. The molecular weight excluding hydrogens is 173 g/mol. The molecule has 0 saturated heterocycles. The molecule has 1 rings (SSSR count). The molecule has 0 fully saturated rings. The van der Waals surface area contributed by atoms with E-state index < -0.39 is 6.30 Å². The molecular formula is C9H12FNO2. The highest BCUT2D eigenvalue weighted by Gasteiger charge is 2.03. The Morgan fingerprint density at radius 2 is 2.00 bits per heavy atom. The number of nitrogens with two attached hydrogens (primary N) is 1. The molecule has 0 amide bonds. The Hall–Kier alpha value is -1.29. The molecule has 0 bridgehead atoms. The van der Waals surface area contributed by atoms with Gasteiger partial charge in [0, 0.05) is 0 Å². The summed E-state index contributed by atoms with van der Waals surface area (Å²) in [6.45, 7) is 0. The fourth-order valence-corrected chi connectivity index (χ4v) is 1.03. The average molecular weight is 185 g/mol. The summed E-state index contributed by atoms with van der Waals surface area (Å²) in [5, 5.41) is 18.1. The van der Waals surface area contributed by atoms with Crippen molar-refractivity contribution in [3.63, 3.8) is 0 Å². The van der Waals surface area contributed by atoms with E-state index in [4.69, 9.17) is 15.9 Å². The molecule has 0 aliphatic heterocycles. The van der Waals surface area contributed by atoms with Crippen molar-refractivity contribution in [3.8, 4) is 11.5 Å². The van der Waals surface area contributed by atoms with E-state index in [1.165, 1.54) is 12.1 Å². The SMILES string of the molecule is N[C@H](F)CCc1ccc(O)c(O)c1. The molecule has 1 atom stereocenters. The fraction of sp³-hybridized carbons (Fsp3) is 0.333. The molecule has 13 heavy (non-hydrogen) atoms. The molecule has 4 heteroatoms. The predicted octanol–water partition coefficient (Wildman–Crippen LogP) is 1.28. The molecule has 4 N–H and O–H groups in total. The lowest BCUT2D eigenvalue weighted by atomic mass is 10.1. The highest BCUT2D eigenvalue weighted by molar-refractivity contribution is 5.40. The van der Waals surface area contributed by atoms with Crippen LogP contribution in [0.15, 0.2) is 18.2 Å². The first-order chi connectivity index (χ1) is 6.09. The number of alkyl halides is 1. The van der Waals surface area contributed by atoms with E-state index >= 15 is 0 Å². The Morgan fingerprint density at radius 3 is 2.54 bits per heavy atom. The summed E-state index contributed by atoms with van der Waals surface area (Å²) in [6.07, 6.45) is -0.675. The van der Waals surface area contributed by atoms with Gasteiger partial charge in [0.15, 0.2) is 11.5 Å². The van der Waals surface area contributed by atoms with Crippen molar-refractivity contribution in [2.24, 2.45) is 5.73 Å². The second-order valence-corrected chi connectivity index (χ2v) is 2.88. The number of halogens is 1. The Labute approximate surface area is 75.6 Å². The number of hydrogen-bond acceptors (Lipinski definition) is 3. The van der Waals surface area contributed by atoms with Gasteiger partial charge in [-0.25, -0.2) is 4.39 Å². The van der Waals surface area contributed by atoms with E-state index in [2.05, 4.69) is 0 Å². The fourth-order valence-electron chi connectivity index (χ4n) is 1.03. The topological polar surface area (TPSA) is 66.5 Å². The number of phenols is 2. The summed E-state index contributed by atoms with van der Waals surface area (Å²) in [5.74, 6) is -0.363. The van der Waals surface area contributed by atoms with Crippen molar-refractivity contribution in [3.05, 3.63) is 23.8 Å². The highest BCUT2D eigenvalue weighted by Crippen LogP contribution is 2.25. The molecule has 0 aromatic heterocycles. The largest absolute Gasteiger partial charge is 0.504 e. The van der Waals surface area contributed by atoms with Gasteiger partial charge in [0.25, 0.3) is 0 Å². The summed E-state index contributed by atoms with van der Waals surface area (Å²) < 4.78 is 12.2. The third-order valence-electron chi connectivity index (χ3n) is 1.75. The van der Waals surface area contributed by atoms with E-state index in [1.807, 2.05) is 0 Å². The van der Waals surface area contributed by atoms with Crippen molar-refractivity contribution < 1.29 is 14.6 Å². The summed E-state index contributed by atoms with van der Waals surface area (Å²) >= 11 is 0. The maximum atomic E-state index is 12.2. The third-order valence-corrected chi connectivity index (χ3v) is 1.75. The lowest BCUT2D eigenvalue weighted by Gasteiger charge is -2.03. The van der Waals surface area contributed by atoms with Gasteiger partial charge >= 0.3 is 0 Å². The molecule has 72 valence electrons. The van der Waals surface area contributed by atoms with Crippen LogP contribution < -0.4 is 5.73 Å². The molecule has 0 heterocycles. The number of hydrogen-bond donors (Lipinski definition) is 3. The van der Waals surface area contributed by atoms with Gasteiger partial charge in [0.1, 0.15) is 6.30 Å². The standard InChI is InChI=1S/C9H12FNO2/c10-9(11)4-2-6-1-3-7(12)8(13)5-6/h1,3,5,9,12-13H,2,4,11H2/t9-/m0/s1. The van der Waals surface area contributed by atoms with Crippen LogP contribution in [0.4, 0.5) is 4.39 Å². The molecule has 0 aliphatic rings. The van der Waals surface area contributed by atoms with Crippen LogP contribution in [0.3, 0.4) is 0 Å². The number of benzene rings is 1. The van der Waals surface area contributed by atoms with Crippen LogP contribution in [-0.4, -0.2) is 16.5 Å². The van der Waals surface area contributed by atoms with Crippen LogP contribution in [0.5, 0.6) is 11.5 Å². The van der Waals surface area contributed by atoms with Crippen molar-refractivity contribution in [1.82, 2.24) is 0 Å². The van der Waals surface area contributed by atoms with Crippen LogP contribution in [0.25, 0.3) is 0 Å². The molecule has 1 aromatic rings. The summed E-state index contributed by atoms with van der Waals surface area (Å²) in [5.41, 5.74) is 5.68. The Morgan fingerprint density at radius 1 is 1.31 bits per heavy atom. The van der Waals surface area contributed by atoms with Crippen LogP contribution >= 0.6 is 0 Å². The maximum Gasteiger partial charge on any atom is 0.157 e. The quantitative estimate of drug-likeness (QED) is 0.491. The summed E-state index contributed by atoms with van der Waals surface area (Å²) in [6, 6.07) is 4.39. The first-order valence-corrected chi connectivity index (χ1v) is 4.00. The first kappa shape index (κ1) is 9.80. The molecule has 0 unspecified atom stereocenters. The Balaban J connectivity index is 2.63. The van der Waals surface area contributed by atoms with Crippen molar-refractivity contribution in [2.45, 2.75) is 19.1 Å². The summed E-state index contributed by atoms with van der Waals surface area (Å²) in [4.78, 5) is 0. The van der Waals surface area contributed by atoms with Crippen LogP contribution in [0, 0.1) is 0 Å². The lowest BCUT2D eigenvalue weighted by Crippen LogP contribution is -2.13. The van der Waals surface area contributed by atoms with Crippen LogP contribution in [-0.2, 0) is 6.42 Å². The van der Waals surface area contributed by atoms with E-state index in [-0.39, 0.29) is 17.9 Å². The average Bonchev–Trinajstić information content (AvgIpc) is 2.07. The van der Waals surface area contributed by atoms with E-state index in [1.54, 1.807) is 6.07 Å². The van der Waals surface area contributed by atoms with Gasteiger partial charge in [-0.1, -0.05) is 6.07 Å². The normalized spacial score (nSPS) is 12.8. The molecule has 0 radical (unpaired) electrons. The van der Waals surface area contributed by atoms with E-state index in [0.29, 0.717) is 6.42 Å². The predicted molar refractivity (Wildman–Crippen MR) is 47.2 cm³/mol. The van der Waals surface area contributed by atoms with Gasteiger partial charge in [-0.05, 0) is 30.5 Å². The van der Waals surface area contributed by atoms with Gasteiger partial charge in [-0.3, -0.25) is 0 Å². The minimum Gasteiger partial charge on any atom is -0.504 e. The number of aromatic hydroxyl groups is 2. The van der Waals surface area contributed by atoms with E-state index in [9.17, 15) is 4.39 Å². The van der Waals surface area contributed by atoms with Gasteiger partial charge in [-0.15, -0.1) is 0 Å². The van der Waals surface area contributed by atoms with Crippen LogP contribution in [0.2, 0.25) is 0 Å². The number of phenolic OH excluding ortho intramolecular Hbond substituents is 2. The molecule has 0 spiro atoms. The van der Waals surface area contributed by atoms with Crippen LogP contribution in [0.1, 0.15) is 12.0 Å². The molecule has 3 nitrogen and oxygen atoms in total. The van der Waals surface area contributed by atoms with Crippen molar-refractivity contribution in [1.29, 1.82) is 0 Å². The minimum absolute atomic E-state index is 0.173. The van der Waals surface area contributed by atoms with E-state index in [0.717, 1.165) is 5.56 Å². The second kappa shape index (κ2) is 4.09. The van der Waals surface area contributed by atoms with Crippen molar-refractivity contribution in [2.75, 3.05) is 0 Å². The van der Waals surface area contributed by atoms with Gasteiger partial charge in [-0.2, -0.15) is 0 Å². The molecule has 0 saturated carbocycles. The third kappa shape index (κ3) is 2.91. The smallest absolute Gasteiger partial charge is 0.157 e. The zero-order valence-corrected chi connectivity index (χ0v) is 7.07. The zero-order chi connectivity index (χ0) is 9.84. The first-order valence-electron chi connectivity index (χ1n) is 4.00. The Bertz CT molecular complexity index is 289. The minimum atomic E-state index is -1.34. The highest BCUT2D eigenvalue weighted by atomic mass is 19.1. The number of aryl methyl sites for hydroxylation is 1. The summed E-state index contributed by atoms with van der Waals surface area (Å²) in [7, 11) is 0. The lowest BCUT2D eigenvalue weighted by molar-refractivity contribution is 0.324. The number of rotatable bonds is 3. The van der Waals surface area contributed by atoms with Crippen molar-refractivity contribution >= 4 is 0 Å².